The second-order valence-electron chi connectivity index (χ2n) is 17.9. The summed E-state index contributed by atoms with van der Waals surface area (Å²) in [5, 5.41) is 0. The van der Waals surface area contributed by atoms with Gasteiger partial charge in [0.25, 0.3) is 0 Å². The molecule has 0 saturated carbocycles. The minimum absolute atomic E-state index is 0.0363. The molecule has 360 valence electrons. The van der Waals surface area contributed by atoms with Crippen LogP contribution in [0.3, 0.4) is 0 Å². The zero-order valence-electron chi connectivity index (χ0n) is 41.0. The fourth-order valence-electron chi connectivity index (χ4n) is 7.43. The Hall–Kier alpha value is -2.30. The number of rotatable bonds is 43. The Bertz CT molecular complexity index is 1150. The van der Waals surface area contributed by atoms with Crippen LogP contribution in [-0.2, 0) is 33.3 Å². The van der Waals surface area contributed by atoms with Crippen LogP contribution in [0, 0.1) is 0 Å². The molecule has 0 aromatic heterocycles. The lowest BCUT2D eigenvalue weighted by atomic mass is 10.1. The molecule has 0 radical (unpaired) electrons. The number of ether oxygens (including phenoxy) is 5. The van der Waals surface area contributed by atoms with Gasteiger partial charge in [-0.25, -0.2) is 0 Å². The number of allylic oxidation sites excluding steroid dienone is 8. The number of hydrogen-bond donors (Lipinski definition) is 0. The van der Waals surface area contributed by atoms with E-state index in [1.807, 2.05) is 28.2 Å². The Balaban J connectivity index is 2.66. The molecule has 0 aromatic carbocycles. The average Bonchev–Trinajstić information content (AvgIpc) is 3.56. The van der Waals surface area contributed by atoms with E-state index in [2.05, 4.69) is 72.3 Å². The molecule has 0 N–H and O–H groups in total. The van der Waals surface area contributed by atoms with Crippen LogP contribution >= 0.6 is 0 Å². The minimum Gasteiger partial charge on any atom is -0.463 e. The third kappa shape index (κ3) is 35.1. The van der Waals surface area contributed by atoms with Gasteiger partial charge in [-0.3, -0.25) is 9.59 Å². The van der Waals surface area contributed by atoms with Gasteiger partial charge in [0.15, 0.2) is 0 Å². The van der Waals surface area contributed by atoms with E-state index >= 15 is 0 Å². The highest BCUT2D eigenvalue weighted by atomic mass is 16.7. The Morgan fingerprint density at radius 1 is 0.484 bits per heavy atom. The lowest BCUT2D eigenvalue weighted by Crippen LogP contribution is -2.41. The van der Waals surface area contributed by atoms with Crippen LogP contribution in [0.2, 0.25) is 0 Å². The van der Waals surface area contributed by atoms with Crippen molar-refractivity contribution < 1.29 is 33.3 Å². The standard InChI is InChI=1S/C53H96N2O7/c1-7-9-11-13-15-17-19-21-23-25-27-29-31-33-35-37-45-58-51-48(47-60-49(56)41-39-43-54(3)4)61-53(62-50(57)42-40-44-55(5)6)52(51)59-46-38-36-34-32-30-28-26-24-22-20-18-16-14-12-10-8-2/h15-18,21-24,48,51-53H,7-14,19-20,25-47H2,1-6H3/b17-15-,18-16-,23-21-,24-22-/t48-,51+,52?,53+/m1/s1. The highest BCUT2D eigenvalue weighted by Gasteiger charge is 2.49. The molecule has 1 aliphatic rings. The molecular weight excluding hydrogens is 777 g/mol. The lowest BCUT2D eigenvalue weighted by molar-refractivity contribution is -0.197. The second kappa shape index (κ2) is 42.6. The monoisotopic (exact) mass is 873 g/mol. The molecule has 0 aliphatic carbocycles. The summed E-state index contributed by atoms with van der Waals surface area (Å²) in [7, 11) is 7.97. The molecule has 0 amide bonds. The topological polar surface area (TPSA) is 86.8 Å². The average molecular weight is 873 g/mol. The molecule has 0 bridgehead atoms. The molecule has 1 aliphatic heterocycles. The SMILES string of the molecule is CCCCC/C=C\C/C=C\CCCCCCCCOC1[C@H](OC(=O)CCCN(C)C)O[C@H](COC(=O)CCCN(C)C)[C@@H]1OCCCCCCCC/C=C\C/C=C\CCCCC. The first kappa shape index (κ1) is 57.7. The largest absolute Gasteiger partial charge is 0.463 e. The second-order valence-corrected chi connectivity index (χ2v) is 17.9. The summed E-state index contributed by atoms with van der Waals surface area (Å²) in [5.74, 6) is -0.577. The lowest BCUT2D eigenvalue weighted by Gasteiger charge is -2.24. The minimum atomic E-state index is -0.912. The van der Waals surface area contributed by atoms with Gasteiger partial charge in [-0.2, -0.15) is 0 Å². The Morgan fingerprint density at radius 2 is 0.887 bits per heavy atom. The van der Waals surface area contributed by atoms with Crippen molar-refractivity contribution in [2.24, 2.45) is 0 Å². The number of nitrogens with zero attached hydrogens (tertiary/aromatic N) is 2. The van der Waals surface area contributed by atoms with Crippen molar-refractivity contribution in [3.63, 3.8) is 0 Å². The van der Waals surface area contributed by atoms with Crippen molar-refractivity contribution in [2.75, 3.05) is 61.1 Å². The van der Waals surface area contributed by atoms with Gasteiger partial charge >= 0.3 is 11.9 Å². The van der Waals surface area contributed by atoms with Gasteiger partial charge in [0.2, 0.25) is 6.29 Å². The number of carbonyl (C=O) groups excluding carboxylic acids is 2. The Labute approximate surface area is 381 Å². The summed E-state index contributed by atoms with van der Waals surface area (Å²) in [4.78, 5) is 29.8. The van der Waals surface area contributed by atoms with Crippen LogP contribution in [0.25, 0.3) is 0 Å². The molecule has 0 spiro atoms. The Morgan fingerprint density at radius 3 is 1.34 bits per heavy atom. The summed E-state index contributed by atoms with van der Waals surface area (Å²) < 4.78 is 31.0. The Kier molecular flexibility index (Phi) is 39.7. The van der Waals surface area contributed by atoms with Gasteiger partial charge < -0.3 is 33.5 Å². The molecule has 1 fully saturated rings. The third-order valence-corrected chi connectivity index (χ3v) is 11.2. The van der Waals surface area contributed by atoms with E-state index in [0.29, 0.717) is 32.5 Å². The number of unbranched alkanes of at least 4 members (excludes halogenated alkanes) is 18. The quantitative estimate of drug-likeness (QED) is 0.0338. The van der Waals surface area contributed by atoms with E-state index in [1.165, 1.54) is 103 Å². The fourth-order valence-corrected chi connectivity index (χ4v) is 7.43. The number of hydrogen-bond acceptors (Lipinski definition) is 9. The van der Waals surface area contributed by atoms with Crippen LogP contribution in [0.4, 0.5) is 0 Å². The van der Waals surface area contributed by atoms with E-state index in [4.69, 9.17) is 23.7 Å². The van der Waals surface area contributed by atoms with Crippen LogP contribution < -0.4 is 0 Å². The van der Waals surface area contributed by atoms with Crippen LogP contribution in [0.1, 0.15) is 194 Å². The normalized spacial score (nSPS) is 18.3. The zero-order chi connectivity index (χ0) is 45.1. The van der Waals surface area contributed by atoms with Gasteiger partial charge in [0, 0.05) is 26.1 Å². The first-order chi connectivity index (χ1) is 30.3. The van der Waals surface area contributed by atoms with Gasteiger partial charge in [-0.15, -0.1) is 0 Å². The van der Waals surface area contributed by atoms with Gasteiger partial charge in [-0.1, -0.05) is 140 Å². The van der Waals surface area contributed by atoms with Gasteiger partial charge in [-0.05, 0) is 131 Å². The number of carbonyl (C=O) groups is 2. The van der Waals surface area contributed by atoms with Crippen LogP contribution in [-0.4, -0.2) is 107 Å². The summed E-state index contributed by atoms with van der Waals surface area (Å²) in [5.41, 5.74) is 0. The number of esters is 2. The van der Waals surface area contributed by atoms with Crippen molar-refractivity contribution in [3.05, 3.63) is 48.6 Å². The van der Waals surface area contributed by atoms with E-state index in [0.717, 1.165) is 70.9 Å². The molecule has 9 heteroatoms. The first-order valence-corrected chi connectivity index (χ1v) is 25.4. The van der Waals surface area contributed by atoms with Crippen molar-refractivity contribution >= 4 is 11.9 Å². The van der Waals surface area contributed by atoms with E-state index in [1.54, 1.807) is 0 Å². The molecular formula is C53H96N2O7. The molecule has 1 heterocycles. The molecule has 4 atom stereocenters. The van der Waals surface area contributed by atoms with Crippen molar-refractivity contribution in [1.29, 1.82) is 0 Å². The predicted octanol–water partition coefficient (Wildman–Crippen LogP) is 12.9. The van der Waals surface area contributed by atoms with Gasteiger partial charge in [0.05, 0.1) is 0 Å². The molecule has 9 nitrogen and oxygen atoms in total. The molecule has 1 saturated heterocycles. The maximum Gasteiger partial charge on any atom is 0.308 e. The molecule has 62 heavy (non-hydrogen) atoms. The van der Waals surface area contributed by atoms with Crippen molar-refractivity contribution in [1.82, 2.24) is 9.80 Å². The molecule has 1 unspecified atom stereocenters. The summed E-state index contributed by atoms with van der Waals surface area (Å²) >= 11 is 0. The summed E-state index contributed by atoms with van der Waals surface area (Å²) in [6.07, 6.45) is 46.2. The van der Waals surface area contributed by atoms with E-state index < -0.39 is 24.6 Å². The summed E-state index contributed by atoms with van der Waals surface area (Å²) in [6, 6.07) is 0. The van der Waals surface area contributed by atoms with Crippen molar-refractivity contribution in [2.45, 2.75) is 218 Å². The van der Waals surface area contributed by atoms with Gasteiger partial charge in [0.1, 0.15) is 24.9 Å². The van der Waals surface area contributed by atoms with E-state index in [-0.39, 0.29) is 18.5 Å². The van der Waals surface area contributed by atoms with Crippen molar-refractivity contribution in [3.8, 4) is 0 Å². The highest BCUT2D eigenvalue weighted by Crippen LogP contribution is 2.29. The first-order valence-electron chi connectivity index (χ1n) is 25.4. The highest BCUT2D eigenvalue weighted by molar-refractivity contribution is 5.69. The fraction of sp³-hybridized carbons (Fsp3) is 0.811. The maximum atomic E-state index is 13.0. The molecule has 1 rings (SSSR count). The summed E-state index contributed by atoms with van der Waals surface area (Å²) in [6.45, 7) is 7.21. The maximum absolute atomic E-state index is 13.0. The zero-order valence-corrected chi connectivity index (χ0v) is 41.0. The third-order valence-electron chi connectivity index (χ3n) is 11.2. The molecule has 0 aromatic rings. The van der Waals surface area contributed by atoms with Crippen LogP contribution in [0.5, 0.6) is 0 Å². The smallest absolute Gasteiger partial charge is 0.308 e. The predicted molar refractivity (Wildman–Crippen MR) is 259 cm³/mol. The van der Waals surface area contributed by atoms with Crippen LogP contribution in [0.15, 0.2) is 48.6 Å². The van der Waals surface area contributed by atoms with E-state index in [9.17, 15) is 9.59 Å².